The number of aromatic nitrogens is 2. The van der Waals surface area contributed by atoms with Gasteiger partial charge in [0, 0.05) is 19.4 Å². The Kier molecular flexibility index (Phi) is 6.56. The summed E-state index contributed by atoms with van der Waals surface area (Å²) in [6, 6.07) is 6.05. The topological polar surface area (TPSA) is 76.1 Å². The van der Waals surface area contributed by atoms with Gasteiger partial charge >= 0.3 is 6.03 Å². The molecule has 0 saturated heterocycles. The number of rotatable bonds is 7. The van der Waals surface area contributed by atoms with E-state index in [0.717, 1.165) is 5.56 Å². The first kappa shape index (κ1) is 16.7. The Balaban J connectivity index is 1.80. The van der Waals surface area contributed by atoms with Crippen LogP contribution < -0.4 is 10.6 Å². The summed E-state index contributed by atoms with van der Waals surface area (Å²) in [5.41, 5.74) is 0.868. The monoisotopic (exact) mass is 342 g/mol. The maximum Gasteiger partial charge on any atom is 0.321 e. The van der Waals surface area contributed by atoms with E-state index in [1.54, 1.807) is 13.2 Å². The van der Waals surface area contributed by atoms with Gasteiger partial charge in [-0.1, -0.05) is 35.2 Å². The van der Waals surface area contributed by atoms with Gasteiger partial charge in [0.2, 0.25) is 5.13 Å². The van der Waals surface area contributed by atoms with Crippen molar-refractivity contribution in [2.24, 2.45) is 0 Å². The SMILES string of the molecule is COCCNC(=O)Nc1nnc(SCc2cccc(F)c2)s1. The number of nitrogens with zero attached hydrogens (tertiary/aromatic N) is 2. The van der Waals surface area contributed by atoms with E-state index in [1.807, 2.05) is 6.07 Å². The third-order valence-corrected chi connectivity index (χ3v) is 4.51. The van der Waals surface area contributed by atoms with Crippen molar-refractivity contribution in [2.75, 3.05) is 25.6 Å². The maximum absolute atomic E-state index is 13.1. The standard InChI is InChI=1S/C13H15FN4O2S2/c1-20-6-5-15-11(19)16-12-17-18-13(22-12)21-8-9-3-2-4-10(14)7-9/h2-4,7H,5-6,8H2,1H3,(H2,15,16,17,19). The molecule has 1 aromatic heterocycles. The Morgan fingerprint density at radius 1 is 1.45 bits per heavy atom. The van der Waals surface area contributed by atoms with Gasteiger partial charge in [-0.2, -0.15) is 0 Å². The summed E-state index contributed by atoms with van der Waals surface area (Å²) in [6.07, 6.45) is 0. The number of hydrogen-bond donors (Lipinski definition) is 2. The van der Waals surface area contributed by atoms with Crippen LogP contribution in [0, 0.1) is 5.82 Å². The van der Waals surface area contributed by atoms with Gasteiger partial charge in [-0.05, 0) is 17.7 Å². The van der Waals surface area contributed by atoms with Crippen molar-refractivity contribution in [3.05, 3.63) is 35.6 Å². The Morgan fingerprint density at radius 3 is 3.09 bits per heavy atom. The van der Waals surface area contributed by atoms with Crippen LogP contribution in [0.4, 0.5) is 14.3 Å². The number of benzene rings is 1. The summed E-state index contributed by atoms with van der Waals surface area (Å²) in [7, 11) is 1.56. The van der Waals surface area contributed by atoms with Gasteiger partial charge in [0.05, 0.1) is 6.61 Å². The average molecular weight is 342 g/mol. The number of thioether (sulfide) groups is 1. The van der Waals surface area contributed by atoms with Gasteiger partial charge in [0.15, 0.2) is 4.34 Å². The number of ether oxygens (including phenoxy) is 1. The van der Waals surface area contributed by atoms with Crippen LogP contribution in [0.25, 0.3) is 0 Å². The molecule has 0 aliphatic rings. The zero-order valence-corrected chi connectivity index (χ0v) is 13.5. The third-order valence-electron chi connectivity index (χ3n) is 2.47. The van der Waals surface area contributed by atoms with Crippen LogP contribution >= 0.6 is 23.1 Å². The Morgan fingerprint density at radius 2 is 2.32 bits per heavy atom. The largest absolute Gasteiger partial charge is 0.383 e. The molecular weight excluding hydrogens is 327 g/mol. The molecule has 0 unspecified atom stereocenters. The van der Waals surface area contributed by atoms with Crippen LogP contribution in [0.3, 0.4) is 0 Å². The molecule has 2 N–H and O–H groups in total. The van der Waals surface area contributed by atoms with Crippen molar-refractivity contribution in [3.63, 3.8) is 0 Å². The first-order chi connectivity index (χ1) is 10.7. The molecule has 0 bridgehead atoms. The van der Waals surface area contributed by atoms with Crippen molar-refractivity contribution in [3.8, 4) is 0 Å². The predicted molar refractivity (Wildman–Crippen MR) is 84.8 cm³/mol. The fourth-order valence-corrected chi connectivity index (χ4v) is 3.19. The van der Waals surface area contributed by atoms with Crippen LogP contribution in [0.15, 0.2) is 28.6 Å². The Hall–Kier alpha value is -1.71. The third kappa shape index (κ3) is 5.58. The molecule has 0 aliphatic heterocycles. The van der Waals surface area contributed by atoms with Gasteiger partial charge in [0.1, 0.15) is 5.82 Å². The summed E-state index contributed by atoms with van der Waals surface area (Å²) in [6.45, 7) is 0.862. The number of nitrogens with one attached hydrogen (secondary N) is 2. The number of methoxy groups -OCH3 is 1. The molecule has 0 saturated carbocycles. The molecular formula is C13H15FN4O2S2. The summed E-state index contributed by atoms with van der Waals surface area (Å²) in [4.78, 5) is 11.5. The van der Waals surface area contributed by atoms with E-state index in [4.69, 9.17) is 4.74 Å². The number of amides is 2. The highest BCUT2D eigenvalue weighted by Crippen LogP contribution is 2.28. The van der Waals surface area contributed by atoms with Crippen LogP contribution in [-0.4, -0.2) is 36.5 Å². The molecule has 0 atom stereocenters. The van der Waals surface area contributed by atoms with Crippen molar-refractivity contribution in [1.82, 2.24) is 15.5 Å². The average Bonchev–Trinajstić information content (AvgIpc) is 2.93. The fraction of sp³-hybridized carbons (Fsp3) is 0.308. The highest BCUT2D eigenvalue weighted by molar-refractivity contribution is 8.00. The second-order valence-electron chi connectivity index (χ2n) is 4.17. The number of hydrogen-bond acceptors (Lipinski definition) is 6. The van der Waals surface area contributed by atoms with E-state index in [9.17, 15) is 9.18 Å². The molecule has 0 spiro atoms. The maximum atomic E-state index is 13.1. The lowest BCUT2D eigenvalue weighted by atomic mass is 10.2. The van der Waals surface area contributed by atoms with Crippen LogP contribution in [0.5, 0.6) is 0 Å². The molecule has 118 valence electrons. The number of urea groups is 1. The zero-order chi connectivity index (χ0) is 15.8. The van der Waals surface area contributed by atoms with E-state index in [0.29, 0.717) is 28.4 Å². The van der Waals surface area contributed by atoms with Crippen molar-refractivity contribution in [2.45, 2.75) is 10.1 Å². The smallest absolute Gasteiger partial charge is 0.321 e. The predicted octanol–water partition coefficient (Wildman–Crippen LogP) is 2.74. The first-order valence-corrected chi connectivity index (χ1v) is 8.22. The molecule has 9 heteroatoms. The van der Waals surface area contributed by atoms with Crippen LogP contribution in [-0.2, 0) is 10.5 Å². The number of halogens is 1. The molecule has 2 rings (SSSR count). The minimum Gasteiger partial charge on any atom is -0.383 e. The van der Waals surface area contributed by atoms with E-state index in [1.165, 1.54) is 35.2 Å². The van der Waals surface area contributed by atoms with Crippen molar-refractivity contribution < 1.29 is 13.9 Å². The van der Waals surface area contributed by atoms with Crippen LogP contribution in [0.2, 0.25) is 0 Å². The molecule has 0 radical (unpaired) electrons. The lowest BCUT2D eigenvalue weighted by Crippen LogP contribution is -2.31. The van der Waals surface area contributed by atoms with Gasteiger partial charge < -0.3 is 10.1 Å². The lowest BCUT2D eigenvalue weighted by molar-refractivity contribution is 0.198. The van der Waals surface area contributed by atoms with Gasteiger partial charge in [0.25, 0.3) is 0 Å². The molecule has 0 aliphatic carbocycles. The van der Waals surface area contributed by atoms with Gasteiger partial charge in [-0.15, -0.1) is 10.2 Å². The van der Waals surface area contributed by atoms with E-state index in [-0.39, 0.29) is 11.8 Å². The van der Waals surface area contributed by atoms with Crippen molar-refractivity contribution >= 4 is 34.3 Å². The van der Waals surface area contributed by atoms with E-state index < -0.39 is 0 Å². The molecule has 2 aromatic rings. The van der Waals surface area contributed by atoms with E-state index >= 15 is 0 Å². The quantitative estimate of drug-likeness (QED) is 0.460. The first-order valence-electron chi connectivity index (χ1n) is 6.42. The highest BCUT2D eigenvalue weighted by atomic mass is 32.2. The molecule has 1 heterocycles. The van der Waals surface area contributed by atoms with Gasteiger partial charge in [-0.3, -0.25) is 5.32 Å². The van der Waals surface area contributed by atoms with Gasteiger partial charge in [-0.25, -0.2) is 9.18 Å². The second-order valence-corrected chi connectivity index (χ2v) is 6.37. The minimum absolute atomic E-state index is 0.259. The van der Waals surface area contributed by atoms with Crippen molar-refractivity contribution in [1.29, 1.82) is 0 Å². The van der Waals surface area contributed by atoms with E-state index in [2.05, 4.69) is 20.8 Å². The normalized spacial score (nSPS) is 10.5. The Bertz CT molecular complexity index is 624. The molecule has 6 nitrogen and oxygen atoms in total. The molecule has 0 fully saturated rings. The Labute approximate surface area is 135 Å². The summed E-state index contributed by atoms with van der Waals surface area (Å²) in [5.74, 6) is 0.331. The summed E-state index contributed by atoms with van der Waals surface area (Å²) >= 11 is 2.71. The van der Waals surface area contributed by atoms with Crippen LogP contribution in [0.1, 0.15) is 5.56 Å². The molecule has 2 amide bonds. The zero-order valence-electron chi connectivity index (χ0n) is 11.8. The number of anilines is 1. The number of carbonyl (C=O) groups is 1. The minimum atomic E-state index is -0.352. The summed E-state index contributed by atoms with van der Waals surface area (Å²) < 4.78 is 18.6. The molecule has 1 aromatic carbocycles. The second kappa shape index (κ2) is 8.66. The fourth-order valence-electron chi connectivity index (χ4n) is 1.50. The lowest BCUT2D eigenvalue weighted by Gasteiger charge is -2.03. The number of carbonyl (C=O) groups excluding carboxylic acids is 1. The molecule has 22 heavy (non-hydrogen) atoms. The summed E-state index contributed by atoms with van der Waals surface area (Å²) in [5, 5.41) is 13.5. The highest BCUT2D eigenvalue weighted by Gasteiger charge is 2.08.